The Kier molecular flexibility index (Phi) is 9.49. The Labute approximate surface area is 242 Å². The first kappa shape index (κ1) is 31.0. The number of hydrogen-bond acceptors (Lipinski definition) is 7. The van der Waals surface area contributed by atoms with Crippen molar-refractivity contribution in [2.45, 2.75) is 63.6 Å². The fourth-order valence-corrected chi connectivity index (χ4v) is 5.21. The molecule has 1 saturated heterocycles. The monoisotopic (exact) mass is 622 g/mol. The second-order valence-corrected chi connectivity index (χ2v) is 10.4. The zero-order valence-electron chi connectivity index (χ0n) is 21.7. The lowest BCUT2D eigenvalue weighted by Crippen LogP contribution is -2.39. The summed E-state index contributed by atoms with van der Waals surface area (Å²) in [4.78, 5) is 20.4. The first-order valence-electron chi connectivity index (χ1n) is 12.7. The van der Waals surface area contributed by atoms with Crippen LogP contribution in [0.15, 0.2) is 36.8 Å². The highest BCUT2D eigenvalue weighted by Gasteiger charge is 2.39. The number of nitrogens with zero attached hydrogens (tertiary/aromatic N) is 6. The van der Waals surface area contributed by atoms with Crippen LogP contribution in [0.25, 0.3) is 0 Å². The minimum atomic E-state index is -4.98. The van der Waals surface area contributed by atoms with Crippen molar-refractivity contribution in [1.82, 2.24) is 19.9 Å². The molecule has 3 aromatic rings. The van der Waals surface area contributed by atoms with Gasteiger partial charge in [0.25, 0.3) is 0 Å². The predicted molar refractivity (Wildman–Crippen MR) is 142 cm³/mol. The van der Waals surface area contributed by atoms with Gasteiger partial charge in [0.1, 0.15) is 5.02 Å². The molecule has 1 aliphatic heterocycles. The van der Waals surface area contributed by atoms with Crippen molar-refractivity contribution in [3.63, 3.8) is 0 Å². The zero-order chi connectivity index (χ0) is 29.9. The van der Waals surface area contributed by atoms with Crippen LogP contribution in [0.2, 0.25) is 10.3 Å². The van der Waals surface area contributed by atoms with E-state index in [0.717, 1.165) is 5.56 Å². The molecule has 0 aliphatic carbocycles. The summed E-state index contributed by atoms with van der Waals surface area (Å²) in [6.45, 7) is 1.86. The van der Waals surface area contributed by atoms with E-state index in [4.69, 9.17) is 28.3 Å². The van der Waals surface area contributed by atoms with Crippen molar-refractivity contribution in [1.29, 1.82) is 0 Å². The second kappa shape index (κ2) is 12.5. The lowest BCUT2D eigenvalue weighted by Gasteiger charge is -2.30. The summed E-state index contributed by atoms with van der Waals surface area (Å²) in [5.41, 5.74) is -2.27. The van der Waals surface area contributed by atoms with Crippen LogP contribution in [0.1, 0.15) is 48.4 Å². The Hall–Kier alpha value is -2.90. The predicted octanol–water partition coefficient (Wildman–Crippen LogP) is 6.60. The summed E-state index contributed by atoms with van der Waals surface area (Å²) in [6.07, 6.45) is -3.44. The van der Waals surface area contributed by atoms with Gasteiger partial charge in [-0.1, -0.05) is 18.5 Å². The summed E-state index contributed by atoms with van der Waals surface area (Å²) in [5, 5.41) is 9.32. The van der Waals surface area contributed by atoms with Gasteiger partial charge in [-0.3, -0.25) is 0 Å². The van der Waals surface area contributed by atoms with Gasteiger partial charge in [0.15, 0.2) is 5.82 Å². The van der Waals surface area contributed by atoms with Gasteiger partial charge in [-0.2, -0.15) is 31.3 Å². The van der Waals surface area contributed by atoms with Crippen molar-refractivity contribution in [3.8, 4) is 0 Å². The van der Waals surface area contributed by atoms with Gasteiger partial charge in [-0.15, -0.1) is 0 Å². The van der Waals surface area contributed by atoms with Crippen LogP contribution in [0, 0.1) is 0 Å². The first-order valence-corrected chi connectivity index (χ1v) is 13.5. The molecule has 7 nitrogen and oxygen atoms in total. The molecule has 1 aliphatic rings. The topological polar surface area (TPSA) is 78.3 Å². The third-order valence-corrected chi connectivity index (χ3v) is 7.29. The van der Waals surface area contributed by atoms with Gasteiger partial charge in [-0.05, 0) is 66.6 Å². The molecule has 1 N–H and O–H groups in total. The normalized spacial score (nSPS) is 17.8. The van der Waals surface area contributed by atoms with Crippen molar-refractivity contribution in [2.24, 2.45) is 0 Å². The summed E-state index contributed by atoms with van der Waals surface area (Å²) in [5.74, 6) is 0.511. The Morgan fingerprint density at radius 3 is 2.15 bits per heavy atom. The highest BCUT2D eigenvalue weighted by atomic mass is 35.5. The maximum atomic E-state index is 13.6. The summed E-state index contributed by atoms with van der Waals surface area (Å²) >= 11 is 12.4. The quantitative estimate of drug-likeness (QED) is 0.213. The lowest BCUT2D eigenvalue weighted by atomic mass is 10.0. The zero-order valence-corrected chi connectivity index (χ0v) is 23.2. The Morgan fingerprint density at radius 1 is 0.951 bits per heavy atom. The highest BCUT2D eigenvalue weighted by Crippen LogP contribution is 2.38. The molecule has 0 saturated carbocycles. The summed E-state index contributed by atoms with van der Waals surface area (Å²) < 4.78 is 81.5. The molecule has 0 bridgehead atoms. The van der Waals surface area contributed by atoms with E-state index in [2.05, 4.69) is 19.9 Å². The summed E-state index contributed by atoms with van der Waals surface area (Å²) in [7, 11) is 0. The van der Waals surface area contributed by atoms with E-state index in [1.54, 1.807) is 4.90 Å². The van der Waals surface area contributed by atoms with Gasteiger partial charge < -0.3 is 14.9 Å². The lowest BCUT2D eigenvalue weighted by molar-refractivity contribution is -0.143. The molecule has 1 aromatic carbocycles. The Morgan fingerprint density at radius 2 is 1.59 bits per heavy atom. The van der Waals surface area contributed by atoms with E-state index in [1.165, 1.54) is 18.6 Å². The molecule has 41 heavy (non-hydrogen) atoms. The molecule has 1 fully saturated rings. The van der Waals surface area contributed by atoms with Crippen LogP contribution in [-0.4, -0.2) is 50.3 Å². The third-order valence-electron chi connectivity index (χ3n) is 6.85. The maximum absolute atomic E-state index is 13.6. The second-order valence-electron chi connectivity index (χ2n) is 9.68. The number of benzene rings is 1. The minimum absolute atomic E-state index is 0.0231. The van der Waals surface area contributed by atoms with Gasteiger partial charge in [0.05, 0.1) is 23.4 Å². The molecule has 1 unspecified atom stereocenters. The molecule has 3 heterocycles. The molecule has 2 aromatic heterocycles. The number of aromatic nitrogens is 4. The van der Waals surface area contributed by atoms with Gasteiger partial charge >= 0.3 is 12.4 Å². The number of aliphatic hydroxyl groups excluding tert-OH is 1. The van der Waals surface area contributed by atoms with Crippen LogP contribution < -0.4 is 9.80 Å². The van der Waals surface area contributed by atoms with Gasteiger partial charge in [-0.25, -0.2) is 15.0 Å². The van der Waals surface area contributed by atoms with Crippen LogP contribution in [0.3, 0.4) is 0 Å². The number of halogens is 8. The third kappa shape index (κ3) is 7.49. The molecular weight excluding hydrogens is 597 g/mol. The fraction of sp³-hybridized carbons (Fsp3) is 0.462. The van der Waals surface area contributed by atoms with E-state index in [1.807, 2.05) is 11.8 Å². The van der Waals surface area contributed by atoms with Crippen molar-refractivity contribution in [3.05, 3.63) is 69.3 Å². The van der Waals surface area contributed by atoms with Gasteiger partial charge in [0.2, 0.25) is 11.2 Å². The van der Waals surface area contributed by atoms with Crippen LogP contribution in [0.4, 0.5) is 38.1 Å². The average molecular weight is 623 g/mol. The fourth-order valence-electron chi connectivity index (χ4n) is 4.88. The number of rotatable bonds is 9. The van der Waals surface area contributed by atoms with E-state index < -0.39 is 29.5 Å². The molecule has 0 radical (unpaired) electrons. The average Bonchev–Trinajstić information content (AvgIpc) is 3.35. The van der Waals surface area contributed by atoms with Crippen LogP contribution >= 0.6 is 23.2 Å². The highest BCUT2D eigenvalue weighted by molar-refractivity contribution is 6.33. The molecule has 222 valence electrons. The van der Waals surface area contributed by atoms with E-state index >= 15 is 0 Å². The van der Waals surface area contributed by atoms with E-state index in [-0.39, 0.29) is 53.6 Å². The Bertz CT molecular complexity index is 1310. The first-order chi connectivity index (χ1) is 19.3. The molecule has 4 rings (SSSR count). The SMILES string of the molecule is CCC1C[C@H](N(Cc2cc(C(F)(F)F)cc(C(F)(F)F)c2)c2ncc(CCCO)cn2)CN1c1nc(Cl)ncc1Cl. The molecule has 2 atom stereocenters. The number of aryl methyl sites for hydroxylation is 1. The molecule has 0 spiro atoms. The van der Waals surface area contributed by atoms with E-state index in [0.29, 0.717) is 43.6 Å². The Balaban J connectivity index is 1.75. The minimum Gasteiger partial charge on any atom is -0.396 e. The summed E-state index contributed by atoms with van der Waals surface area (Å²) in [6, 6.07) is 0.969. The number of hydrogen-bond donors (Lipinski definition) is 1. The number of alkyl halides is 6. The molecule has 15 heteroatoms. The van der Waals surface area contributed by atoms with Crippen LogP contribution in [-0.2, 0) is 25.3 Å². The largest absolute Gasteiger partial charge is 0.416 e. The molecule has 0 amide bonds. The van der Waals surface area contributed by atoms with Gasteiger partial charge in [0, 0.05) is 38.1 Å². The van der Waals surface area contributed by atoms with Crippen molar-refractivity contribution >= 4 is 35.0 Å². The number of aliphatic hydroxyl groups is 1. The maximum Gasteiger partial charge on any atom is 0.416 e. The standard InChI is InChI=1S/C26H26Cl2F6N6O/c1-2-19-9-20(14-39(19)22-21(27)12-35-23(28)38-22)40(24-36-10-15(11-37-24)4-3-5-41)13-16-6-17(25(29,30)31)8-18(7-16)26(32,33)34/h6-8,10-12,19-20,41H,2-5,9,13-14H2,1H3/t19?,20-/m0/s1. The molecular formula is C26H26Cl2F6N6O. The van der Waals surface area contributed by atoms with E-state index in [9.17, 15) is 26.3 Å². The smallest absolute Gasteiger partial charge is 0.396 e. The number of anilines is 2. The van der Waals surface area contributed by atoms with Crippen LogP contribution in [0.5, 0.6) is 0 Å². The van der Waals surface area contributed by atoms with Crippen molar-refractivity contribution < 1.29 is 31.4 Å². The van der Waals surface area contributed by atoms with Crippen molar-refractivity contribution in [2.75, 3.05) is 23.0 Å².